The van der Waals surface area contributed by atoms with Crippen molar-refractivity contribution in [1.82, 2.24) is 30.5 Å². The molecule has 0 aromatic carbocycles. The molecule has 7 heteroatoms. The Balaban J connectivity index is 1.53. The van der Waals surface area contributed by atoms with Gasteiger partial charge in [-0.2, -0.15) is 4.98 Å². The lowest BCUT2D eigenvalue weighted by Crippen LogP contribution is -2.43. The van der Waals surface area contributed by atoms with Crippen LogP contribution in [0.15, 0.2) is 10.7 Å². The first-order chi connectivity index (χ1) is 8.88. The molecule has 2 aromatic heterocycles. The van der Waals surface area contributed by atoms with Crippen LogP contribution in [0.25, 0.3) is 11.6 Å². The lowest BCUT2D eigenvalue weighted by molar-refractivity contribution is 0.313. The third kappa shape index (κ3) is 1.80. The smallest absolute Gasteiger partial charge is 0.280 e. The van der Waals surface area contributed by atoms with Gasteiger partial charge in [0.05, 0.1) is 12.2 Å². The van der Waals surface area contributed by atoms with Crippen molar-refractivity contribution in [3.05, 3.63) is 12.0 Å². The summed E-state index contributed by atoms with van der Waals surface area (Å²) >= 11 is 0. The van der Waals surface area contributed by atoms with Crippen molar-refractivity contribution in [2.75, 3.05) is 13.1 Å². The number of hydrogen-bond donors (Lipinski definition) is 1. The summed E-state index contributed by atoms with van der Waals surface area (Å²) in [7, 11) is 0. The third-order valence-electron chi connectivity index (χ3n) is 3.50. The molecule has 1 N–H and O–H groups in total. The van der Waals surface area contributed by atoms with Crippen LogP contribution in [0.3, 0.4) is 0 Å². The molecule has 0 amide bonds. The Bertz CT molecular complexity index is 553. The fourth-order valence-electron chi connectivity index (χ4n) is 2.03. The van der Waals surface area contributed by atoms with Crippen LogP contribution in [0.1, 0.15) is 24.7 Å². The topological polar surface area (TPSA) is 81.7 Å². The van der Waals surface area contributed by atoms with Gasteiger partial charge < -0.3 is 9.84 Å². The number of hydrogen-bond acceptors (Lipinski definition) is 6. The lowest BCUT2D eigenvalue weighted by Gasteiger charge is -2.26. The van der Waals surface area contributed by atoms with Crippen molar-refractivity contribution in [1.29, 1.82) is 0 Å². The van der Waals surface area contributed by atoms with E-state index in [1.807, 2.05) is 10.9 Å². The van der Waals surface area contributed by atoms with E-state index in [0.717, 1.165) is 31.3 Å². The van der Waals surface area contributed by atoms with E-state index in [-0.39, 0.29) is 0 Å². The van der Waals surface area contributed by atoms with Gasteiger partial charge >= 0.3 is 0 Å². The van der Waals surface area contributed by atoms with E-state index in [1.165, 1.54) is 12.8 Å². The van der Waals surface area contributed by atoms with Crippen LogP contribution >= 0.6 is 0 Å². The van der Waals surface area contributed by atoms with Crippen molar-refractivity contribution in [3.8, 4) is 11.6 Å². The molecule has 2 fully saturated rings. The van der Waals surface area contributed by atoms with E-state index in [9.17, 15) is 0 Å². The molecular weight excluding hydrogens is 232 g/mol. The molecule has 1 saturated heterocycles. The Morgan fingerprint density at radius 3 is 3.00 bits per heavy atom. The zero-order valence-corrected chi connectivity index (χ0v) is 9.91. The van der Waals surface area contributed by atoms with Gasteiger partial charge in [0, 0.05) is 19.5 Å². The first-order valence-corrected chi connectivity index (χ1v) is 6.34. The van der Waals surface area contributed by atoms with E-state index in [1.54, 1.807) is 0 Å². The Kier molecular flexibility index (Phi) is 2.19. The van der Waals surface area contributed by atoms with Crippen LogP contribution in [0.2, 0.25) is 0 Å². The summed E-state index contributed by atoms with van der Waals surface area (Å²) in [6.45, 7) is 1.89. The minimum absolute atomic E-state index is 0.403. The van der Waals surface area contributed by atoms with Crippen LogP contribution in [0.5, 0.6) is 0 Å². The minimum Gasteiger partial charge on any atom is -0.332 e. The van der Waals surface area contributed by atoms with Gasteiger partial charge in [-0.25, -0.2) is 4.68 Å². The summed E-state index contributed by atoms with van der Waals surface area (Å²) < 4.78 is 7.09. The fraction of sp³-hybridized carbons (Fsp3) is 0.636. The molecule has 0 radical (unpaired) electrons. The third-order valence-corrected chi connectivity index (χ3v) is 3.50. The molecule has 18 heavy (non-hydrogen) atoms. The molecule has 2 aromatic rings. The van der Waals surface area contributed by atoms with Gasteiger partial charge in [-0.3, -0.25) is 0 Å². The molecule has 1 aliphatic carbocycles. The molecule has 2 aliphatic rings. The molecule has 0 spiro atoms. The number of aromatic nitrogens is 5. The Morgan fingerprint density at radius 2 is 2.28 bits per heavy atom. The zero-order valence-electron chi connectivity index (χ0n) is 9.91. The lowest BCUT2D eigenvalue weighted by atomic mass is 10.2. The van der Waals surface area contributed by atoms with E-state index >= 15 is 0 Å². The number of nitrogens with one attached hydrogen (secondary N) is 1. The molecule has 3 heterocycles. The summed E-state index contributed by atoms with van der Waals surface area (Å²) in [5.74, 6) is 2.02. The second-order valence-corrected chi connectivity index (χ2v) is 5.06. The molecule has 1 aliphatic heterocycles. The predicted octanol–water partition coefficient (Wildman–Crippen LogP) is 0.425. The van der Waals surface area contributed by atoms with Gasteiger partial charge in [-0.05, 0) is 18.8 Å². The van der Waals surface area contributed by atoms with Crippen LogP contribution in [-0.2, 0) is 6.42 Å². The summed E-state index contributed by atoms with van der Waals surface area (Å²) in [6.07, 6.45) is 5.37. The molecule has 4 rings (SSSR count). The SMILES string of the molecule is c1c(-c2nc(CC3CC3)no2)nnn1C1CNC1. The highest BCUT2D eigenvalue weighted by atomic mass is 16.5. The zero-order chi connectivity index (χ0) is 11.9. The maximum Gasteiger partial charge on any atom is 0.280 e. The summed E-state index contributed by atoms with van der Waals surface area (Å²) in [4.78, 5) is 4.37. The average molecular weight is 246 g/mol. The van der Waals surface area contributed by atoms with Crippen molar-refractivity contribution in [2.45, 2.75) is 25.3 Å². The highest BCUT2D eigenvalue weighted by Gasteiger charge is 2.25. The van der Waals surface area contributed by atoms with E-state index in [0.29, 0.717) is 17.6 Å². The molecule has 1 saturated carbocycles. The monoisotopic (exact) mass is 246 g/mol. The normalized spacial score (nSPS) is 20.0. The minimum atomic E-state index is 0.403. The quantitative estimate of drug-likeness (QED) is 0.842. The molecule has 94 valence electrons. The van der Waals surface area contributed by atoms with E-state index < -0.39 is 0 Å². The second kappa shape index (κ2) is 3.88. The van der Waals surface area contributed by atoms with Gasteiger partial charge in [-0.15, -0.1) is 5.10 Å². The van der Waals surface area contributed by atoms with Gasteiger partial charge in [0.1, 0.15) is 0 Å². The van der Waals surface area contributed by atoms with Gasteiger partial charge in [0.25, 0.3) is 5.89 Å². The maximum absolute atomic E-state index is 5.23. The summed E-state index contributed by atoms with van der Waals surface area (Å²) in [5, 5.41) is 15.4. The Labute approximate surface area is 104 Å². The van der Waals surface area contributed by atoms with Crippen molar-refractivity contribution >= 4 is 0 Å². The predicted molar refractivity (Wildman–Crippen MR) is 61.6 cm³/mol. The first-order valence-electron chi connectivity index (χ1n) is 6.34. The van der Waals surface area contributed by atoms with Crippen molar-refractivity contribution < 1.29 is 4.52 Å². The van der Waals surface area contributed by atoms with Crippen LogP contribution < -0.4 is 5.32 Å². The summed E-state index contributed by atoms with van der Waals surface area (Å²) in [6, 6.07) is 0.403. The van der Waals surface area contributed by atoms with Crippen molar-refractivity contribution in [3.63, 3.8) is 0 Å². The van der Waals surface area contributed by atoms with Crippen LogP contribution in [-0.4, -0.2) is 38.2 Å². The molecule has 0 bridgehead atoms. The molecule has 0 unspecified atom stereocenters. The van der Waals surface area contributed by atoms with Crippen molar-refractivity contribution in [2.24, 2.45) is 5.92 Å². The van der Waals surface area contributed by atoms with Gasteiger partial charge in [0.15, 0.2) is 11.5 Å². The number of rotatable bonds is 4. The van der Waals surface area contributed by atoms with E-state index in [2.05, 4.69) is 25.8 Å². The van der Waals surface area contributed by atoms with Crippen LogP contribution in [0, 0.1) is 5.92 Å². The van der Waals surface area contributed by atoms with E-state index in [4.69, 9.17) is 4.52 Å². The molecule has 7 nitrogen and oxygen atoms in total. The molecular formula is C11H14N6O. The van der Waals surface area contributed by atoms with Gasteiger partial charge in [-0.1, -0.05) is 10.4 Å². The Morgan fingerprint density at radius 1 is 1.39 bits per heavy atom. The highest BCUT2D eigenvalue weighted by molar-refractivity contribution is 5.43. The van der Waals surface area contributed by atoms with Gasteiger partial charge in [0.2, 0.25) is 0 Å². The largest absolute Gasteiger partial charge is 0.332 e. The average Bonchev–Trinajstić information content (AvgIpc) is 2.80. The summed E-state index contributed by atoms with van der Waals surface area (Å²) in [5.41, 5.74) is 0.663. The standard InChI is InChI=1S/C11H14N6O/c1-2-7(1)3-10-13-11(18-15-10)9-6-17(16-14-9)8-4-12-5-8/h6-8,12H,1-5H2. The number of nitrogens with zero attached hydrogens (tertiary/aromatic N) is 5. The Hall–Kier alpha value is -1.76. The highest BCUT2D eigenvalue weighted by Crippen LogP contribution is 2.32. The fourth-order valence-corrected chi connectivity index (χ4v) is 2.03. The van der Waals surface area contributed by atoms with Crippen LogP contribution in [0.4, 0.5) is 0 Å². The molecule has 0 atom stereocenters. The first kappa shape index (κ1) is 10.2. The second-order valence-electron chi connectivity index (χ2n) is 5.06. The maximum atomic E-state index is 5.23.